The predicted octanol–water partition coefficient (Wildman–Crippen LogP) is 2.44. The van der Waals surface area contributed by atoms with Crippen molar-refractivity contribution in [3.05, 3.63) is 28.2 Å². The van der Waals surface area contributed by atoms with Crippen molar-refractivity contribution < 1.29 is 9.57 Å². The number of halogens is 1. The zero-order valence-electron chi connectivity index (χ0n) is 7.45. The Kier molecular flexibility index (Phi) is 3.76. The summed E-state index contributed by atoms with van der Waals surface area (Å²) < 4.78 is 5.98. The van der Waals surface area contributed by atoms with E-state index in [4.69, 9.17) is 4.74 Å². The van der Waals surface area contributed by atoms with Crippen molar-refractivity contribution >= 4 is 22.1 Å². The topological polar surface area (TPSA) is 30.8 Å². The molecule has 0 aliphatic heterocycles. The smallest absolute Gasteiger partial charge is 0.133 e. The molecule has 0 saturated carbocycles. The van der Waals surface area contributed by atoms with Crippen LogP contribution in [0.4, 0.5) is 0 Å². The molecule has 4 heteroatoms. The molecule has 0 saturated heterocycles. The summed E-state index contributed by atoms with van der Waals surface area (Å²) in [7, 11) is 3.14. The number of methoxy groups -OCH3 is 1. The molecule has 0 amide bonds. The van der Waals surface area contributed by atoms with Gasteiger partial charge in [0, 0.05) is 0 Å². The number of rotatable bonds is 3. The van der Waals surface area contributed by atoms with Gasteiger partial charge in [0.15, 0.2) is 0 Å². The number of hydrogen-bond acceptors (Lipinski definition) is 3. The second-order valence-corrected chi connectivity index (χ2v) is 3.17. The van der Waals surface area contributed by atoms with Crippen LogP contribution in [-0.4, -0.2) is 20.4 Å². The van der Waals surface area contributed by atoms with Crippen LogP contribution in [0.1, 0.15) is 5.56 Å². The van der Waals surface area contributed by atoms with Crippen molar-refractivity contribution in [1.82, 2.24) is 0 Å². The molecule has 3 nitrogen and oxygen atoms in total. The Morgan fingerprint density at radius 2 is 2.15 bits per heavy atom. The molecule has 0 heterocycles. The van der Waals surface area contributed by atoms with E-state index < -0.39 is 0 Å². The molecule has 0 atom stereocenters. The van der Waals surface area contributed by atoms with Gasteiger partial charge in [-0.1, -0.05) is 5.16 Å². The van der Waals surface area contributed by atoms with Gasteiger partial charge in [-0.3, -0.25) is 0 Å². The quantitative estimate of drug-likeness (QED) is 0.604. The summed E-state index contributed by atoms with van der Waals surface area (Å²) in [6.45, 7) is 0. The van der Waals surface area contributed by atoms with Gasteiger partial charge in [-0.15, -0.1) is 0 Å². The molecule has 1 rings (SSSR count). The molecule has 0 aliphatic rings. The summed E-state index contributed by atoms with van der Waals surface area (Å²) >= 11 is 3.37. The first-order valence-electron chi connectivity index (χ1n) is 3.68. The maximum atomic E-state index is 5.08. The van der Waals surface area contributed by atoms with Gasteiger partial charge in [-0.05, 0) is 39.7 Å². The first kappa shape index (κ1) is 10.1. The number of nitrogens with zero attached hydrogens (tertiary/aromatic N) is 1. The van der Waals surface area contributed by atoms with Crippen molar-refractivity contribution in [1.29, 1.82) is 0 Å². The molecule has 0 N–H and O–H groups in total. The zero-order chi connectivity index (χ0) is 9.68. The van der Waals surface area contributed by atoms with Gasteiger partial charge in [0.1, 0.15) is 12.9 Å². The molecule has 0 radical (unpaired) electrons. The van der Waals surface area contributed by atoms with Gasteiger partial charge in [0.25, 0.3) is 0 Å². The number of hydrogen-bond donors (Lipinski definition) is 0. The third kappa shape index (κ3) is 2.73. The summed E-state index contributed by atoms with van der Waals surface area (Å²) in [5.41, 5.74) is 0.953. The highest BCUT2D eigenvalue weighted by Gasteiger charge is 1.98. The van der Waals surface area contributed by atoms with Crippen LogP contribution in [-0.2, 0) is 4.84 Å². The van der Waals surface area contributed by atoms with Gasteiger partial charge in [0.2, 0.25) is 0 Å². The normalized spacial score (nSPS) is 10.4. The van der Waals surface area contributed by atoms with E-state index in [0.29, 0.717) is 0 Å². The lowest BCUT2D eigenvalue weighted by Crippen LogP contribution is -1.87. The molecule has 1 aromatic carbocycles. The highest BCUT2D eigenvalue weighted by Crippen LogP contribution is 2.24. The number of benzene rings is 1. The lowest BCUT2D eigenvalue weighted by atomic mass is 10.2. The summed E-state index contributed by atoms with van der Waals surface area (Å²) in [5.74, 6) is 0.801. The van der Waals surface area contributed by atoms with E-state index >= 15 is 0 Å². The molecule has 0 unspecified atom stereocenters. The van der Waals surface area contributed by atoms with Crippen molar-refractivity contribution in [2.24, 2.45) is 5.16 Å². The molecule has 0 spiro atoms. The Morgan fingerprint density at radius 1 is 1.38 bits per heavy atom. The molecule has 70 valence electrons. The Hall–Kier alpha value is -1.03. The van der Waals surface area contributed by atoms with Crippen LogP contribution in [0.15, 0.2) is 27.8 Å². The molecule has 1 aromatic rings. The summed E-state index contributed by atoms with van der Waals surface area (Å²) in [6.07, 6.45) is 1.63. The third-order valence-corrected chi connectivity index (χ3v) is 2.10. The Bertz CT molecular complexity index is 312. The minimum absolute atomic E-state index is 0.801. The third-order valence-electron chi connectivity index (χ3n) is 1.48. The highest BCUT2D eigenvalue weighted by molar-refractivity contribution is 9.10. The zero-order valence-corrected chi connectivity index (χ0v) is 9.04. The van der Waals surface area contributed by atoms with E-state index in [0.717, 1.165) is 15.8 Å². The van der Waals surface area contributed by atoms with Crippen LogP contribution in [0.25, 0.3) is 0 Å². The Morgan fingerprint density at radius 3 is 2.69 bits per heavy atom. The maximum absolute atomic E-state index is 5.08. The molecular formula is C9H10BrNO2. The SMILES string of the molecule is CO/N=C\c1ccc(OC)c(Br)c1. The monoisotopic (exact) mass is 243 g/mol. The van der Waals surface area contributed by atoms with E-state index in [1.807, 2.05) is 18.2 Å². The Labute approximate surface area is 85.5 Å². The number of oxime groups is 1. The number of ether oxygens (including phenoxy) is 1. The lowest BCUT2D eigenvalue weighted by molar-refractivity contribution is 0.215. The van der Waals surface area contributed by atoms with Crippen LogP contribution < -0.4 is 4.74 Å². The maximum Gasteiger partial charge on any atom is 0.133 e. The lowest BCUT2D eigenvalue weighted by Gasteiger charge is -2.02. The molecule has 0 aliphatic carbocycles. The van der Waals surface area contributed by atoms with Crippen LogP contribution >= 0.6 is 15.9 Å². The predicted molar refractivity (Wildman–Crippen MR) is 55.3 cm³/mol. The first-order valence-corrected chi connectivity index (χ1v) is 4.47. The molecular weight excluding hydrogens is 234 g/mol. The van der Waals surface area contributed by atoms with Crippen molar-refractivity contribution in [2.45, 2.75) is 0 Å². The minimum Gasteiger partial charge on any atom is -0.496 e. The van der Waals surface area contributed by atoms with Crippen molar-refractivity contribution in [3.63, 3.8) is 0 Å². The summed E-state index contributed by atoms with van der Waals surface area (Å²) in [5, 5.41) is 3.65. The molecule has 0 fully saturated rings. The molecule has 0 aromatic heterocycles. The van der Waals surface area contributed by atoms with E-state index in [1.165, 1.54) is 7.11 Å². The fourth-order valence-electron chi connectivity index (χ4n) is 0.876. The van der Waals surface area contributed by atoms with Gasteiger partial charge >= 0.3 is 0 Å². The van der Waals surface area contributed by atoms with Gasteiger partial charge < -0.3 is 9.57 Å². The van der Waals surface area contributed by atoms with E-state index in [1.54, 1.807) is 13.3 Å². The average Bonchev–Trinajstić information content (AvgIpc) is 2.15. The van der Waals surface area contributed by atoms with Crippen LogP contribution in [0.5, 0.6) is 5.75 Å². The highest BCUT2D eigenvalue weighted by atomic mass is 79.9. The fraction of sp³-hybridized carbons (Fsp3) is 0.222. The van der Waals surface area contributed by atoms with Gasteiger partial charge in [0.05, 0.1) is 17.8 Å². The fourth-order valence-corrected chi connectivity index (χ4v) is 1.43. The minimum atomic E-state index is 0.801. The molecule has 0 bridgehead atoms. The molecule has 13 heavy (non-hydrogen) atoms. The van der Waals surface area contributed by atoms with Gasteiger partial charge in [-0.2, -0.15) is 0 Å². The van der Waals surface area contributed by atoms with Crippen LogP contribution in [0.3, 0.4) is 0 Å². The summed E-state index contributed by atoms with van der Waals surface area (Å²) in [6, 6.07) is 5.66. The first-order chi connectivity index (χ1) is 6.27. The van der Waals surface area contributed by atoms with E-state index in [-0.39, 0.29) is 0 Å². The Balaban J connectivity index is 2.89. The largest absolute Gasteiger partial charge is 0.496 e. The summed E-state index contributed by atoms with van der Waals surface area (Å²) in [4.78, 5) is 4.57. The van der Waals surface area contributed by atoms with E-state index in [9.17, 15) is 0 Å². The second-order valence-electron chi connectivity index (χ2n) is 2.31. The standard InChI is InChI=1S/C9H10BrNO2/c1-12-9-4-3-7(5-8(9)10)6-11-13-2/h3-6H,1-2H3/b11-6-. The van der Waals surface area contributed by atoms with Gasteiger partial charge in [-0.25, -0.2) is 0 Å². The second kappa shape index (κ2) is 4.87. The average molecular weight is 244 g/mol. The van der Waals surface area contributed by atoms with Crippen molar-refractivity contribution in [3.8, 4) is 5.75 Å². The van der Waals surface area contributed by atoms with Crippen LogP contribution in [0.2, 0.25) is 0 Å². The van der Waals surface area contributed by atoms with Crippen LogP contribution in [0, 0.1) is 0 Å². The van der Waals surface area contributed by atoms with E-state index in [2.05, 4.69) is 25.9 Å². The van der Waals surface area contributed by atoms with Crippen molar-refractivity contribution in [2.75, 3.05) is 14.2 Å².